The van der Waals surface area contributed by atoms with E-state index in [-0.39, 0.29) is 10.3 Å². The second-order valence-electron chi connectivity index (χ2n) is 3.76. The van der Waals surface area contributed by atoms with Crippen molar-refractivity contribution < 1.29 is 4.39 Å². The first-order valence-corrected chi connectivity index (χ1v) is 5.71. The Hall–Kier alpha value is -1.19. The van der Waals surface area contributed by atoms with Crippen LogP contribution in [0, 0.1) is 19.7 Å². The summed E-state index contributed by atoms with van der Waals surface area (Å²) in [6, 6.07) is 5.83. The van der Waals surface area contributed by atoms with Crippen molar-refractivity contribution in [3.05, 3.63) is 45.4 Å². The summed E-state index contributed by atoms with van der Waals surface area (Å²) < 4.78 is 13.2. The number of hydrogen-bond donors (Lipinski definition) is 0. The Bertz CT molecular complexity index is 562. The highest BCUT2D eigenvalue weighted by Gasteiger charge is 2.13. The van der Waals surface area contributed by atoms with Crippen molar-refractivity contribution in [1.82, 2.24) is 9.97 Å². The molecule has 0 unspecified atom stereocenters. The summed E-state index contributed by atoms with van der Waals surface area (Å²) >= 11 is 11.3. The first kappa shape index (κ1) is 12.3. The molecule has 2 nitrogen and oxygen atoms in total. The molecule has 0 amide bonds. The summed E-state index contributed by atoms with van der Waals surface area (Å²) in [7, 11) is 0. The molecule has 0 aliphatic rings. The summed E-state index contributed by atoms with van der Waals surface area (Å²) in [5.74, 6) is -0.454. The van der Waals surface area contributed by atoms with Crippen molar-refractivity contribution in [1.29, 1.82) is 0 Å². The molecule has 1 aromatic heterocycles. The van der Waals surface area contributed by atoms with Gasteiger partial charge in [-0.05, 0) is 25.5 Å². The summed E-state index contributed by atoms with van der Waals surface area (Å²) in [6.45, 7) is 3.87. The molecule has 17 heavy (non-hydrogen) atoms. The molecular formula is C12H9Cl2FN2. The molecule has 0 aliphatic heterocycles. The van der Waals surface area contributed by atoms with Gasteiger partial charge in [-0.1, -0.05) is 40.9 Å². The quantitative estimate of drug-likeness (QED) is 0.726. The van der Waals surface area contributed by atoms with Crippen LogP contribution < -0.4 is 0 Å². The largest absolute Gasteiger partial charge is 0.213 e. The second kappa shape index (κ2) is 4.59. The zero-order chi connectivity index (χ0) is 12.6. The third-order valence-electron chi connectivity index (χ3n) is 2.40. The molecule has 0 spiro atoms. The SMILES string of the molecule is Cc1ccc(C)c(-c2nc(Cl)c(F)c(Cl)n2)c1. The van der Waals surface area contributed by atoms with E-state index in [4.69, 9.17) is 23.2 Å². The number of aryl methyl sites for hydroxylation is 2. The van der Waals surface area contributed by atoms with E-state index in [1.807, 2.05) is 32.0 Å². The van der Waals surface area contributed by atoms with Gasteiger partial charge in [0.15, 0.2) is 21.9 Å². The van der Waals surface area contributed by atoms with Crippen LogP contribution >= 0.6 is 23.2 Å². The van der Waals surface area contributed by atoms with Gasteiger partial charge in [0.1, 0.15) is 0 Å². The van der Waals surface area contributed by atoms with Crippen molar-refractivity contribution >= 4 is 23.2 Å². The number of nitrogens with zero attached hydrogens (tertiary/aromatic N) is 2. The zero-order valence-corrected chi connectivity index (χ0v) is 10.8. The minimum atomic E-state index is -0.789. The van der Waals surface area contributed by atoms with Crippen LogP contribution in [0.2, 0.25) is 10.3 Å². The number of hydrogen-bond acceptors (Lipinski definition) is 2. The van der Waals surface area contributed by atoms with Crippen molar-refractivity contribution in [2.45, 2.75) is 13.8 Å². The van der Waals surface area contributed by atoms with E-state index < -0.39 is 5.82 Å². The molecule has 0 saturated heterocycles. The summed E-state index contributed by atoms with van der Waals surface area (Å²) in [6.07, 6.45) is 0. The highest BCUT2D eigenvalue weighted by atomic mass is 35.5. The molecule has 2 rings (SSSR count). The van der Waals surface area contributed by atoms with Gasteiger partial charge in [-0.15, -0.1) is 0 Å². The van der Waals surface area contributed by atoms with Crippen LogP contribution in [0.5, 0.6) is 0 Å². The molecule has 0 atom stereocenters. The minimum absolute atomic E-state index is 0.263. The summed E-state index contributed by atoms with van der Waals surface area (Å²) in [4.78, 5) is 7.80. The number of halogens is 3. The van der Waals surface area contributed by atoms with Gasteiger partial charge in [0.05, 0.1) is 0 Å². The van der Waals surface area contributed by atoms with Gasteiger partial charge in [0, 0.05) is 5.56 Å². The van der Waals surface area contributed by atoms with E-state index in [1.165, 1.54) is 0 Å². The van der Waals surface area contributed by atoms with E-state index in [0.717, 1.165) is 16.7 Å². The molecule has 88 valence electrons. The third kappa shape index (κ3) is 2.40. The van der Waals surface area contributed by atoms with E-state index >= 15 is 0 Å². The normalized spacial score (nSPS) is 10.6. The average molecular weight is 271 g/mol. The second-order valence-corrected chi connectivity index (χ2v) is 4.48. The third-order valence-corrected chi connectivity index (χ3v) is 2.91. The minimum Gasteiger partial charge on any atom is -0.213 e. The molecular weight excluding hydrogens is 262 g/mol. The fourth-order valence-corrected chi connectivity index (χ4v) is 1.88. The Balaban J connectivity index is 2.64. The van der Waals surface area contributed by atoms with Crippen molar-refractivity contribution in [3.8, 4) is 11.4 Å². The molecule has 0 fully saturated rings. The molecule has 1 aromatic carbocycles. The van der Waals surface area contributed by atoms with Crippen molar-refractivity contribution in [2.75, 3.05) is 0 Å². The monoisotopic (exact) mass is 270 g/mol. The molecule has 0 radical (unpaired) electrons. The predicted octanol–water partition coefficient (Wildman–Crippen LogP) is 4.21. The average Bonchev–Trinajstić information content (AvgIpc) is 2.28. The lowest BCUT2D eigenvalue weighted by Crippen LogP contribution is -1.96. The van der Waals surface area contributed by atoms with E-state index in [0.29, 0.717) is 5.82 Å². The van der Waals surface area contributed by atoms with Gasteiger partial charge in [-0.3, -0.25) is 0 Å². The standard InChI is InChI=1S/C12H9Cl2FN2/c1-6-3-4-7(2)8(5-6)12-16-10(13)9(15)11(14)17-12/h3-5H,1-2H3. The molecule has 0 N–H and O–H groups in total. The Kier molecular flexibility index (Phi) is 3.31. The highest BCUT2D eigenvalue weighted by Crippen LogP contribution is 2.26. The van der Waals surface area contributed by atoms with Gasteiger partial charge in [0.25, 0.3) is 0 Å². The van der Waals surface area contributed by atoms with Gasteiger partial charge >= 0.3 is 0 Å². The maximum Gasteiger partial charge on any atom is 0.197 e. The molecule has 0 aliphatic carbocycles. The Morgan fingerprint density at radius 1 is 1.06 bits per heavy atom. The Morgan fingerprint density at radius 3 is 2.24 bits per heavy atom. The Labute approximate surface area is 108 Å². The van der Waals surface area contributed by atoms with Crippen molar-refractivity contribution in [3.63, 3.8) is 0 Å². The molecule has 2 aromatic rings. The van der Waals surface area contributed by atoms with Gasteiger partial charge in [0.2, 0.25) is 0 Å². The first-order chi connectivity index (χ1) is 7.99. The number of aromatic nitrogens is 2. The number of benzene rings is 1. The molecule has 5 heteroatoms. The van der Waals surface area contributed by atoms with Crippen LogP contribution in [-0.2, 0) is 0 Å². The van der Waals surface area contributed by atoms with Crippen LogP contribution in [0.1, 0.15) is 11.1 Å². The molecule has 0 bridgehead atoms. The maximum absolute atomic E-state index is 13.2. The van der Waals surface area contributed by atoms with Crippen LogP contribution in [0.3, 0.4) is 0 Å². The van der Waals surface area contributed by atoms with E-state index in [9.17, 15) is 4.39 Å². The lowest BCUT2D eigenvalue weighted by atomic mass is 10.1. The van der Waals surface area contributed by atoms with Crippen LogP contribution in [-0.4, -0.2) is 9.97 Å². The van der Waals surface area contributed by atoms with Crippen LogP contribution in [0.15, 0.2) is 18.2 Å². The van der Waals surface area contributed by atoms with Crippen LogP contribution in [0.4, 0.5) is 4.39 Å². The Morgan fingerprint density at radius 2 is 1.65 bits per heavy atom. The van der Waals surface area contributed by atoms with Gasteiger partial charge in [-0.25, -0.2) is 14.4 Å². The maximum atomic E-state index is 13.2. The number of rotatable bonds is 1. The molecule has 0 saturated carbocycles. The zero-order valence-electron chi connectivity index (χ0n) is 9.26. The topological polar surface area (TPSA) is 25.8 Å². The van der Waals surface area contributed by atoms with Crippen molar-refractivity contribution in [2.24, 2.45) is 0 Å². The fourth-order valence-electron chi connectivity index (χ4n) is 1.49. The van der Waals surface area contributed by atoms with E-state index in [2.05, 4.69) is 9.97 Å². The van der Waals surface area contributed by atoms with Gasteiger partial charge < -0.3 is 0 Å². The highest BCUT2D eigenvalue weighted by molar-refractivity contribution is 6.33. The molecule has 1 heterocycles. The lowest BCUT2D eigenvalue weighted by Gasteiger charge is -2.07. The smallest absolute Gasteiger partial charge is 0.197 e. The van der Waals surface area contributed by atoms with Crippen LogP contribution in [0.25, 0.3) is 11.4 Å². The van der Waals surface area contributed by atoms with E-state index in [1.54, 1.807) is 0 Å². The summed E-state index contributed by atoms with van der Waals surface area (Å²) in [5, 5.41) is -0.526. The lowest BCUT2D eigenvalue weighted by molar-refractivity contribution is 0.615. The van der Waals surface area contributed by atoms with Gasteiger partial charge in [-0.2, -0.15) is 0 Å². The summed E-state index contributed by atoms with van der Waals surface area (Å²) in [5.41, 5.74) is 2.84. The fraction of sp³-hybridized carbons (Fsp3) is 0.167. The first-order valence-electron chi connectivity index (χ1n) is 4.95. The predicted molar refractivity (Wildman–Crippen MR) is 66.9 cm³/mol.